The van der Waals surface area contributed by atoms with E-state index < -0.39 is 0 Å². The van der Waals surface area contributed by atoms with Crippen molar-refractivity contribution >= 4 is 11.8 Å². The quantitative estimate of drug-likeness (QED) is 0.441. The fourth-order valence-electron chi connectivity index (χ4n) is 0.617. The van der Waals surface area contributed by atoms with E-state index in [1.54, 1.807) is 14.1 Å². The Morgan fingerprint density at radius 1 is 1.08 bits per heavy atom. The fraction of sp³-hybridized carbons (Fsp3) is 0.714. The zero-order valence-electron chi connectivity index (χ0n) is 7.44. The predicted molar refractivity (Wildman–Crippen MR) is 45.6 cm³/mol. The topological polar surface area (TPSA) is 70.2 Å². The molecule has 3 N–H and O–H groups in total. The first-order valence-corrected chi connectivity index (χ1v) is 3.82. The molecule has 0 heterocycles. The van der Waals surface area contributed by atoms with Gasteiger partial charge in [-0.2, -0.15) is 0 Å². The smallest absolute Gasteiger partial charge is 0.233 e. The third-order valence-corrected chi connectivity index (χ3v) is 1.37. The predicted octanol–water partition coefficient (Wildman–Crippen LogP) is -1.54. The Labute approximate surface area is 71.9 Å². The molecule has 0 aliphatic rings. The van der Waals surface area contributed by atoms with E-state index in [0.29, 0.717) is 13.0 Å². The standard InChI is InChI=1S/C7H15N3O2/c1-8-6(11)3-4-10-5-7(12)9-2/h10H,3-5H2,1-2H3,(H,8,11)(H,9,12). The molecule has 0 saturated carbocycles. The molecule has 70 valence electrons. The number of carbonyl (C=O) groups is 2. The van der Waals surface area contributed by atoms with Gasteiger partial charge in [-0.25, -0.2) is 0 Å². The monoisotopic (exact) mass is 173 g/mol. The number of rotatable bonds is 5. The molecule has 0 aliphatic carbocycles. The van der Waals surface area contributed by atoms with Crippen molar-refractivity contribution in [3.8, 4) is 0 Å². The minimum absolute atomic E-state index is 0.0283. The highest BCUT2D eigenvalue weighted by Crippen LogP contribution is 1.74. The summed E-state index contributed by atoms with van der Waals surface area (Å²) in [5.74, 6) is -0.105. The van der Waals surface area contributed by atoms with E-state index in [1.165, 1.54) is 0 Å². The number of carbonyl (C=O) groups excluding carboxylic acids is 2. The highest BCUT2D eigenvalue weighted by molar-refractivity contribution is 5.78. The van der Waals surface area contributed by atoms with Gasteiger partial charge in [-0.05, 0) is 0 Å². The van der Waals surface area contributed by atoms with Crippen LogP contribution in [-0.4, -0.2) is 39.0 Å². The summed E-state index contributed by atoms with van der Waals surface area (Å²) in [5.41, 5.74) is 0. The third-order valence-electron chi connectivity index (χ3n) is 1.37. The molecule has 0 unspecified atom stereocenters. The van der Waals surface area contributed by atoms with Crippen molar-refractivity contribution in [1.82, 2.24) is 16.0 Å². The van der Waals surface area contributed by atoms with E-state index in [-0.39, 0.29) is 18.4 Å². The van der Waals surface area contributed by atoms with E-state index in [0.717, 1.165) is 0 Å². The second-order valence-electron chi connectivity index (χ2n) is 2.27. The number of nitrogens with one attached hydrogen (secondary N) is 3. The van der Waals surface area contributed by atoms with Crippen LogP contribution in [0.3, 0.4) is 0 Å². The zero-order chi connectivity index (χ0) is 9.40. The number of hydrogen-bond acceptors (Lipinski definition) is 3. The highest BCUT2D eigenvalue weighted by Gasteiger charge is 1.98. The summed E-state index contributed by atoms with van der Waals surface area (Å²) in [6.07, 6.45) is 0.396. The fourth-order valence-corrected chi connectivity index (χ4v) is 0.617. The van der Waals surface area contributed by atoms with Crippen LogP contribution in [0.15, 0.2) is 0 Å². The van der Waals surface area contributed by atoms with Crippen LogP contribution in [-0.2, 0) is 9.59 Å². The number of likely N-dealkylation sites (N-methyl/N-ethyl adjacent to an activating group) is 1. The molecular formula is C7H15N3O2. The van der Waals surface area contributed by atoms with E-state index in [9.17, 15) is 9.59 Å². The molecule has 0 fully saturated rings. The normalized spacial score (nSPS) is 9.17. The Kier molecular flexibility index (Phi) is 6.00. The van der Waals surface area contributed by atoms with Gasteiger partial charge in [0.05, 0.1) is 6.54 Å². The van der Waals surface area contributed by atoms with Crippen LogP contribution < -0.4 is 16.0 Å². The second-order valence-corrected chi connectivity index (χ2v) is 2.27. The molecule has 12 heavy (non-hydrogen) atoms. The SMILES string of the molecule is CNC(=O)CCNCC(=O)NC. The summed E-state index contributed by atoms with van der Waals surface area (Å²) < 4.78 is 0. The minimum atomic E-state index is -0.0769. The first-order valence-electron chi connectivity index (χ1n) is 3.82. The van der Waals surface area contributed by atoms with Crippen molar-refractivity contribution in [3.05, 3.63) is 0 Å². The lowest BCUT2D eigenvalue weighted by Gasteiger charge is -2.02. The molecule has 2 amide bonds. The number of hydrogen-bond donors (Lipinski definition) is 3. The van der Waals surface area contributed by atoms with E-state index >= 15 is 0 Å². The van der Waals surface area contributed by atoms with E-state index in [1.807, 2.05) is 0 Å². The Bertz CT molecular complexity index is 141. The van der Waals surface area contributed by atoms with Crippen LogP contribution in [0.5, 0.6) is 0 Å². The van der Waals surface area contributed by atoms with Crippen molar-refractivity contribution in [2.45, 2.75) is 6.42 Å². The van der Waals surface area contributed by atoms with Crippen LogP contribution >= 0.6 is 0 Å². The van der Waals surface area contributed by atoms with Gasteiger partial charge in [-0.1, -0.05) is 0 Å². The molecule has 0 bridgehead atoms. The van der Waals surface area contributed by atoms with Crippen molar-refractivity contribution in [1.29, 1.82) is 0 Å². The van der Waals surface area contributed by atoms with Gasteiger partial charge in [0, 0.05) is 27.1 Å². The van der Waals surface area contributed by atoms with Crippen molar-refractivity contribution in [2.24, 2.45) is 0 Å². The van der Waals surface area contributed by atoms with E-state index in [4.69, 9.17) is 0 Å². The Morgan fingerprint density at radius 2 is 1.67 bits per heavy atom. The van der Waals surface area contributed by atoms with Crippen LogP contribution in [0.4, 0.5) is 0 Å². The van der Waals surface area contributed by atoms with Gasteiger partial charge in [-0.15, -0.1) is 0 Å². The molecule has 0 radical (unpaired) electrons. The average Bonchev–Trinajstić information content (AvgIpc) is 2.11. The molecule has 0 rings (SSSR count). The van der Waals surface area contributed by atoms with Crippen LogP contribution in [0.1, 0.15) is 6.42 Å². The van der Waals surface area contributed by atoms with Gasteiger partial charge in [0.2, 0.25) is 11.8 Å². The van der Waals surface area contributed by atoms with Crippen LogP contribution in [0.25, 0.3) is 0 Å². The molecule has 0 aliphatic heterocycles. The van der Waals surface area contributed by atoms with Crippen LogP contribution in [0.2, 0.25) is 0 Å². The third kappa shape index (κ3) is 5.67. The molecule has 0 atom stereocenters. The number of amides is 2. The molecule has 0 saturated heterocycles. The molecule has 0 spiro atoms. The van der Waals surface area contributed by atoms with Gasteiger partial charge in [0.1, 0.15) is 0 Å². The molecule has 5 heteroatoms. The molecular weight excluding hydrogens is 158 g/mol. The first-order chi connectivity index (χ1) is 5.70. The van der Waals surface area contributed by atoms with Gasteiger partial charge < -0.3 is 16.0 Å². The summed E-state index contributed by atoms with van der Waals surface area (Å²) in [5, 5.41) is 7.78. The second kappa shape index (κ2) is 6.60. The largest absolute Gasteiger partial charge is 0.359 e. The first kappa shape index (κ1) is 10.9. The summed E-state index contributed by atoms with van der Waals surface area (Å²) in [6, 6.07) is 0. The van der Waals surface area contributed by atoms with Gasteiger partial charge in [-0.3, -0.25) is 9.59 Å². The molecule has 0 aromatic carbocycles. The lowest BCUT2D eigenvalue weighted by Crippen LogP contribution is -2.33. The Morgan fingerprint density at radius 3 is 2.17 bits per heavy atom. The van der Waals surface area contributed by atoms with Crippen molar-refractivity contribution < 1.29 is 9.59 Å². The Balaban J connectivity index is 3.21. The van der Waals surface area contributed by atoms with Gasteiger partial charge in [0.15, 0.2) is 0 Å². The Hall–Kier alpha value is -1.10. The lowest BCUT2D eigenvalue weighted by atomic mass is 10.4. The summed E-state index contributed by atoms with van der Waals surface area (Å²) in [4.78, 5) is 21.3. The van der Waals surface area contributed by atoms with Gasteiger partial charge in [0.25, 0.3) is 0 Å². The zero-order valence-corrected chi connectivity index (χ0v) is 7.44. The van der Waals surface area contributed by atoms with Crippen molar-refractivity contribution in [3.63, 3.8) is 0 Å². The summed E-state index contributed by atoms with van der Waals surface area (Å²) in [7, 11) is 3.16. The maximum Gasteiger partial charge on any atom is 0.233 e. The maximum atomic E-state index is 10.7. The summed E-state index contributed by atoms with van der Waals surface area (Å²) >= 11 is 0. The lowest BCUT2D eigenvalue weighted by molar-refractivity contribution is -0.121. The van der Waals surface area contributed by atoms with E-state index in [2.05, 4.69) is 16.0 Å². The molecule has 0 aromatic heterocycles. The van der Waals surface area contributed by atoms with Gasteiger partial charge >= 0.3 is 0 Å². The van der Waals surface area contributed by atoms with Crippen LogP contribution in [0, 0.1) is 0 Å². The molecule has 5 nitrogen and oxygen atoms in total. The molecule has 0 aromatic rings. The maximum absolute atomic E-state index is 10.7. The minimum Gasteiger partial charge on any atom is -0.359 e. The summed E-state index contributed by atoms with van der Waals surface area (Å²) in [6.45, 7) is 0.778. The van der Waals surface area contributed by atoms with Crippen molar-refractivity contribution in [2.75, 3.05) is 27.2 Å². The highest BCUT2D eigenvalue weighted by atomic mass is 16.2. The average molecular weight is 173 g/mol.